The highest BCUT2D eigenvalue weighted by Gasteiger charge is 2.14. The Balaban J connectivity index is 0.000000235. The van der Waals surface area contributed by atoms with Crippen LogP contribution >= 0.6 is 0 Å². The second-order valence-corrected chi connectivity index (χ2v) is 6.77. The minimum absolute atomic E-state index is 0.311. The summed E-state index contributed by atoms with van der Waals surface area (Å²) in [5, 5.41) is 7.55. The number of ether oxygens (including phenoxy) is 2. The van der Waals surface area contributed by atoms with E-state index in [-0.39, 0.29) is 0 Å². The minimum Gasteiger partial charge on any atom is -0.465 e. The molecule has 3 rings (SSSR count). The Bertz CT molecular complexity index is 1180. The van der Waals surface area contributed by atoms with E-state index in [9.17, 15) is 9.59 Å². The highest BCUT2D eigenvalue weighted by molar-refractivity contribution is 5.97. The number of nitrogen functional groups attached to an aromatic ring is 2. The molecular weight excluding hydrogens is 408 g/mol. The number of nitrogens with zero attached hydrogens (tertiary/aromatic N) is 2. The van der Waals surface area contributed by atoms with Gasteiger partial charge in [0.2, 0.25) is 0 Å². The Morgan fingerprint density at radius 2 is 1.47 bits per heavy atom. The number of hydrogen-bond acceptors (Lipinski definition) is 8. The first-order valence-electron chi connectivity index (χ1n) is 9.44. The van der Waals surface area contributed by atoms with E-state index >= 15 is 0 Å². The molecule has 0 atom stereocenters. The third-order valence-corrected chi connectivity index (χ3v) is 4.65. The fraction of sp³-hybridized carbons (Fsp3) is 0.167. The van der Waals surface area contributed by atoms with Crippen molar-refractivity contribution >= 4 is 23.3 Å². The van der Waals surface area contributed by atoms with E-state index < -0.39 is 11.9 Å². The maximum atomic E-state index is 11.6. The van der Waals surface area contributed by atoms with Gasteiger partial charge < -0.3 is 20.9 Å². The molecule has 0 fully saturated rings. The lowest BCUT2D eigenvalue weighted by atomic mass is 9.98. The summed E-state index contributed by atoms with van der Waals surface area (Å²) in [6, 6.07) is 8.53. The molecule has 4 N–H and O–H groups in total. The van der Waals surface area contributed by atoms with Crippen molar-refractivity contribution < 1.29 is 19.1 Å². The number of hydrogen-bond donors (Lipinski definition) is 2. The number of benzene rings is 2. The molecule has 0 saturated heterocycles. The summed E-state index contributed by atoms with van der Waals surface area (Å²) in [4.78, 5) is 22.8. The Hall–Kier alpha value is -4.38. The molecule has 1 heterocycles. The van der Waals surface area contributed by atoms with Crippen LogP contribution in [0.3, 0.4) is 0 Å². The van der Waals surface area contributed by atoms with Crippen molar-refractivity contribution in [3.05, 3.63) is 70.5 Å². The van der Waals surface area contributed by atoms with Crippen LogP contribution in [0.15, 0.2) is 42.7 Å². The summed E-state index contributed by atoms with van der Waals surface area (Å²) in [6.45, 7) is 3.76. The number of aryl methyl sites for hydroxylation is 2. The molecule has 0 radical (unpaired) electrons. The lowest BCUT2D eigenvalue weighted by Crippen LogP contribution is -2.06. The van der Waals surface area contributed by atoms with Gasteiger partial charge in [-0.1, -0.05) is 5.92 Å². The van der Waals surface area contributed by atoms with Crippen molar-refractivity contribution in [3.8, 4) is 23.5 Å². The fourth-order valence-corrected chi connectivity index (χ4v) is 2.95. The highest BCUT2D eigenvalue weighted by Crippen LogP contribution is 2.27. The largest absolute Gasteiger partial charge is 0.465 e. The van der Waals surface area contributed by atoms with Gasteiger partial charge in [0.15, 0.2) is 0 Å². The Labute approximate surface area is 186 Å². The second-order valence-electron chi connectivity index (χ2n) is 6.77. The van der Waals surface area contributed by atoms with Crippen LogP contribution < -0.4 is 11.5 Å². The number of nitrogens with two attached hydrogens (primary N) is 2. The molecule has 1 aromatic heterocycles. The van der Waals surface area contributed by atoms with Gasteiger partial charge in [-0.05, 0) is 60.9 Å². The molecule has 8 heteroatoms. The number of esters is 2. The summed E-state index contributed by atoms with van der Waals surface area (Å²) in [6.07, 6.45) is 8.51. The summed E-state index contributed by atoms with van der Waals surface area (Å²) in [5.41, 5.74) is 17.2. The van der Waals surface area contributed by atoms with E-state index in [1.807, 2.05) is 19.9 Å². The maximum Gasteiger partial charge on any atom is 0.339 e. The van der Waals surface area contributed by atoms with E-state index in [0.717, 1.165) is 22.3 Å². The van der Waals surface area contributed by atoms with E-state index in [2.05, 4.69) is 20.9 Å². The van der Waals surface area contributed by atoms with Crippen LogP contribution in [0.5, 0.6) is 0 Å². The number of rotatable bonds is 3. The molecule has 0 bridgehead atoms. The van der Waals surface area contributed by atoms with Crippen LogP contribution in [0.1, 0.15) is 37.4 Å². The molecule has 0 aliphatic rings. The van der Waals surface area contributed by atoms with Gasteiger partial charge in [-0.15, -0.1) is 6.42 Å². The van der Waals surface area contributed by atoms with Crippen LogP contribution in [0.25, 0.3) is 11.1 Å². The summed E-state index contributed by atoms with van der Waals surface area (Å²) in [5.74, 6) is 1.56. The molecule has 3 aromatic rings. The molecule has 2 aromatic carbocycles. The molecule has 0 unspecified atom stereocenters. The minimum atomic E-state index is -0.473. The van der Waals surface area contributed by atoms with Crippen LogP contribution in [0.2, 0.25) is 0 Å². The quantitative estimate of drug-likeness (QED) is 0.367. The van der Waals surface area contributed by atoms with Crippen LogP contribution in [0, 0.1) is 26.2 Å². The normalized spacial score (nSPS) is 9.72. The van der Waals surface area contributed by atoms with E-state index in [1.165, 1.54) is 14.2 Å². The van der Waals surface area contributed by atoms with Crippen LogP contribution in [-0.4, -0.2) is 36.4 Å². The second kappa shape index (κ2) is 10.6. The number of aromatic nitrogens is 2. The lowest BCUT2D eigenvalue weighted by Gasteiger charge is -2.10. The molecule has 0 saturated carbocycles. The van der Waals surface area contributed by atoms with Crippen molar-refractivity contribution in [2.24, 2.45) is 0 Å². The number of methoxy groups -OCH3 is 2. The zero-order valence-corrected chi connectivity index (χ0v) is 18.3. The van der Waals surface area contributed by atoms with Gasteiger partial charge >= 0.3 is 11.9 Å². The van der Waals surface area contributed by atoms with Crippen molar-refractivity contribution in [1.82, 2.24) is 10.2 Å². The predicted molar refractivity (Wildman–Crippen MR) is 123 cm³/mol. The van der Waals surface area contributed by atoms with E-state index in [1.54, 1.807) is 36.7 Å². The van der Waals surface area contributed by atoms with E-state index in [4.69, 9.17) is 22.6 Å². The molecule has 8 nitrogen and oxygen atoms in total. The third-order valence-electron chi connectivity index (χ3n) is 4.65. The summed E-state index contributed by atoms with van der Waals surface area (Å²) < 4.78 is 9.27. The average Bonchev–Trinajstić information content (AvgIpc) is 2.79. The van der Waals surface area contributed by atoms with Gasteiger partial charge in [-0.3, -0.25) is 0 Å². The van der Waals surface area contributed by atoms with Crippen LogP contribution in [-0.2, 0) is 9.47 Å². The van der Waals surface area contributed by atoms with Gasteiger partial charge in [-0.25, -0.2) is 9.59 Å². The molecule has 32 heavy (non-hydrogen) atoms. The Morgan fingerprint density at radius 1 is 0.906 bits per heavy atom. The average molecular weight is 432 g/mol. The number of carbonyl (C=O) groups excluding carboxylic acids is 2. The molecule has 0 amide bonds. The van der Waals surface area contributed by atoms with Gasteiger partial charge in [0.1, 0.15) is 0 Å². The van der Waals surface area contributed by atoms with Crippen molar-refractivity contribution in [3.63, 3.8) is 0 Å². The predicted octanol–water partition coefficient (Wildman–Crippen LogP) is 3.17. The molecule has 0 spiro atoms. The van der Waals surface area contributed by atoms with Crippen LogP contribution in [0.4, 0.5) is 11.4 Å². The zero-order chi connectivity index (χ0) is 23.8. The van der Waals surface area contributed by atoms with Gasteiger partial charge in [0.05, 0.1) is 37.7 Å². The highest BCUT2D eigenvalue weighted by atomic mass is 16.5. The first kappa shape index (κ1) is 23.9. The number of terminal acetylenes is 1. The van der Waals surface area contributed by atoms with Crippen molar-refractivity contribution in [2.45, 2.75) is 13.8 Å². The molecule has 0 aliphatic heterocycles. The standard InChI is InChI=1S/C13H13N3O2.C11H11NO2/c1-8-5-12(14)11(13(17)18-2)6-10(8)9-3-4-15-16-7-9;1-4-8-6-9(11(13)14-3)10(12)5-7(8)2/h3-7H,14H2,1-2H3;1,5-6H,12H2,2-3H3. The smallest absolute Gasteiger partial charge is 0.339 e. The third kappa shape index (κ3) is 5.40. The fourth-order valence-electron chi connectivity index (χ4n) is 2.95. The van der Waals surface area contributed by atoms with Gasteiger partial charge in [0.25, 0.3) is 0 Å². The van der Waals surface area contributed by atoms with E-state index in [0.29, 0.717) is 28.1 Å². The Morgan fingerprint density at radius 3 is 1.97 bits per heavy atom. The first-order valence-corrected chi connectivity index (χ1v) is 9.44. The zero-order valence-electron chi connectivity index (χ0n) is 18.3. The molecular formula is C24H24N4O4. The maximum absolute atomic E-state index is 11.6. The van der Waals surface area contributed by atoms with Crippen molar-refractivity contribution in [1.29, 1.82) is 0 Å². The van der Waals surface area contributed by atoms with Gasteiger partial charge in [-0.2, -0.15) is 10.2 Å². The number of anilines is 2. The number of carbonyl (C=O) groups is 2. The molecule has 0 aliphatic carbocycles. The SMILES string of the molecule is C#Cc1cc(C(=O)OC)c(N)cc1C.COC(=O)c1cc(-c2ccnnc2)c(C)cc1N. The summed E-state index contributed by atoms with van der Waals surface area (Å²) >= 11 is 0. The molecule has 164 valence electrons. The first-order chi connectivity index (χ1) is 15.2. The monoisotopic (exact) mass is 432 g/mol. The topological polar surface area (TPSA) is 130 Å². The van der Waals surface area contributed by atoms with Gasteiger partial charge in [0, 0.05) is 22.5 Å². The summed E-state index contributed by atoms with van der Waals surface area (Å²) in [7, 11) is 2.63. The van der Waals surface area contributed by atoms with Crippen molar-refractivity contribution in [2.75, 3.05) is 25.7 Å². The lowest BCUT2D eigenvalue weighted by molar-refractivity contribution is 0.0593. The Kier molecular flexibility index (Phi) is 7.91.